The van der Waals surface area contributed by atoms with Crippen LogP contribution in [0.2, 0.25) is 5.02 Å². The van der Waals surface area contributed by atoms with E-state index in [1.807, 2.05) is 6.92 Å². The van der Waals surface area contributed by atoms with Crippen LogP contribution in [0.25, 0.3) is 5.70 Å². The first-order valence-electron chi connectivity index (χ1n) is 12.0. The Morgan fingerprint density at radius 1 is 1.28 bits per heavy atom. The second-order valence-electron chi connectivity index (χ2n) is 9.56. The standard InChI is InChI=1S/C26H29ClF3N7O2/c1-14-4-5-16(7-23(14)37(32)13-22(31)20-9-33-35(3)15(20)2)25(39)34-18-6-17(10-36-11-19(38)12-36)24(27)21(8-18)26(28,29)30/h4-9,13,19,38H,10-12,31-32H2,1-3H3,(H,34,39)/b22-13-. The minimum absolute atomic E-state index is 0.0595. The maximum atomic E-state index is 13.7. The van der Waals surface area contributed by atoms with E-state index in [4.69, 9.17) is 23.2 Å². The van der Waals surface area contributed by atoms with Crippen LogP contribution in [0, 0.1) is 13.8 Å². The van der Waals surface area contributed by atoms with Crippen molar-refractivity contribution in [3.63, 3.8) is 0 Å². The zero-order chi connectivity index (χ0) is 28.6. The van der Waals surface area contributed by atoms with Gasteiger partial charge in [-0.3, -0.25) is 19.4 Å². The van der Waals surface area contributed by atoms with Crippen molar-refractivity contribution in [2.45, 2.75) is 32.7 Å². The van der Waals surface area contributed by atoms with Gasteiger partial charge in [0.25, 0.3) is 5.91 Å². The van der Waals surface area contributed by atoms with Crippen LogP contribution in [0.4, 0.5) is 24.5 Å². The Kier molecular flexibility index (Phi) is 7.94. The van der Waals surface area contributed by atoms with Crippen LogP contribution in [0.5, 0.6) is 0 Å². The number of anilines is 2. The number of aliphatic hydroxyl groups is 1. The number of hydrazine groups is 1. The van der Waals surface area contributed by atoms with E-state index in [-0.39, 0.29) is 23.4 Å². The lowest BCUT2D eigenvalue weighted by atomic mass is 10.0. The fourth-order valence-corrected chi connectivity index (χ4v) is 4.57. The number of aromatic nitrogens is 2. The monoisotopic (exact) mass is 563 g/mol. The third kappa shape index (κ3) is 6.19. The fraction of sp³-hybridized carbons (Fsp3) is 0.308. The first-order chi connectivity index (χ1) is 18.2. The molecule has 1 saturated heterocycles. The predicted molar refractivity (Wildman–Crippen MR) is 144 cm³/mol. The molecule has 39 heavy (non-hydrogen) atoms. The van der Waals surface area contributed by atoms with Gasteiger partial charge >= 0.3 is 6.18 Å². The van der Waals surface area contributed by atoms with Crippen molar-refractivity contribution in [3.8, 4) is 0 Å². The van der Waals surface area contributed by atoms with Gasteiger partial charge in [-0.25, -0.2) is 5.84 Å². The summed E-state index contributed by atoms with van der Waals surface area (Å²) in [6.07, 6.45) is -2.13. The van der Waals surface area contributed by atoms with Gasteiger partial charge in [0.05, 0.1) is 34.3 Å². The Hall–Kier alpha value is -3.58. The SMILES string of the molecule is Cc1ccc(C(=O)Nc2cc(CN3CC(O)C3)c(Cl)c(C(F)(F)F)c2)cc1N(N)/C=C(\N)c1cnn(C)c1C. The van der Waals surface area contributed by atoms with Crippen LogP contribution in [0.1, 0.15) is 38.3 Å². The molecule has 0 radical (unpaired) electrons. The second-order valence-corrected chi connectivity index (χ2v) is 9.93. The zero-order valence-corrected chi connectivity index (χ0v) is 22.3. The number of benzene rings is 2. The molecule has 1 aromatic heterocycles. The van der Waals surface area contributed by atoms with Gasteiger partial charge < -0.3 is 16.2 Å². The van der Waals surface area contributed by atoms with E-state index < -0.39 is 28.8 Å². The van der Waals surface area contributed by atoms with Crippen molar-refractivity contribution in [1.82, 2.24) is 14.7 Å². The Bertz CT molecular complexity index is 1430. The topological polar surface area (TPSA) is 126 Å². The van der Waals surface area contributed by atoms with Crippen LogP contribution in [0.3, 0.4) is 0 Å². The van der Waals surface area contributed by atoms with Crippen molar-refractivity contribution in [2.75, 3.05) is 23.4 Å². The summed E-state index contributed by atoms with van der Waals surface area (Å²) in [5.74, 6) is 5.61. The quantitative estimate of drug-likeness (QED) is 0.255. The Morgan fingerprint density at radius 3 is 2.56 bits per heavy atom. The fourth-order valence-electron chi connectivity index (χ4n) is 4.29. The summed E-state index contributed by atoms with van der Waals surface area (Å²) in [6, 6.07) is 6.95. The molecule has 9 nitrogen and oxygen atoms in total. The number of nitrogens with zero attached hydrogens (tertiary/aromatic N) is 4. The molecule has 0 spiro atoms. The van der Waals surface area contributed by atoms with Gasteiger partial charge in [0.1, 0.15) is 0 Å². The molecule has 1 aliphatic rings. The minimum Gasteiger partial charge on any atom is -0.397 e. The number of rotatable bonds is 7. The van der Waals surface area contributed by atoms with E-state index in [1.165, 1.54) is 23.3 Å². The molecule has 4 rings (SSSR count). The summed E-state index contributed by atoms with van der Waals surface area (Å²) in [4.78, 5) is 14.9. The number of nitrogens with two attached hydrogens (primary N) is 2. The molecule has 0 saturated carbocycles. The molecule has 2 aromatic carbocycles. The number of nitrogens with one attached hydrogen (secondary N) is 1. The highest BCUT2D eigenvalue weighted by molar-refractivity contribution is 6.32. The number of aliphatic hydroxyl groups excluding tert-OH is 1. The van der Waals surface area contributed by atoms with E-state index in [9.17, 15) is 23.1 Å². The van der Waals surface area contributed by atoms with E-state index in [1.54, 1.807) is 41.9 Å². The molecule has 0 atom stereocenters. The summed E-state index contributed by atoms with van der Waals surface area (Å²) in [5.41, 5.74) is 8.58. The highest BCUT2D eigenvalue weighted by Gasteiger charge is 2.35. The van der Waals surface area contributed by atoms with Crippen LogP contribution >= 0.6 is 11.6 Å². The average Bonchev–Trinajstić information content (AvgIpc) is 3.17. The van der Waals surface area contributed by atoms with Gasteiger partial charge in [0.15, 0.2) is 0 Å². The first-order valence-corrected chi connectivity index (χ1v) is 12.3. The summed E-state index contributed by atoms with van der Waals surface area (Å²) in [6.45, 7) is 4.41. The molecule has 3 aromatic rings. The Balaban J connectivity index is 1.60. The average molecular weight is 564 g/mol. The van der Waals surface area contributed by atoms with E-state index in [2.05, 4.69) is 10.4 Å². The molecular formula is C26H29ClF3N7O2. The van der Waals surface area contributed by atoms with Crippen LogP contribution < -0.4 is 21.9 Å². The molecule has 6 N–H and O–H groups in total. The lowest BCUT2D eigenvalue weighted by Gasteiger charge is -2.36. The van der Waals surface area contributed by atoms with Gasteiger partial charge in [-0.1, -0.05) is 17.7 Å². The van der Waals surface area contributed by atoms with Crippen molar-refractivity contribution in [2.24, 2.45) is 18.6 Å². The van der Waals surface area contributed by atoms with Crippen LogP contribution in [0.15, 0.2) is 42.7 Å². The van der Waals surface area contributed by atoms with E-state index in [0.29, 0.717) is 30.0 Å². The molecule has 0 unspecified atom stereocenters. The van der Waals surface area contributed by atoms with E-state index in [0.717, 1.165) is 17.3 Å². The van der Waals surface area contributed by atoms with Crippen molar-refractivity contribution >= 4 is 34.6 Å². The summed E-state index contributed by atoms with van der Waals surface area (Å²) >= 11 is 6.09. The molecule has 0 bridgehead atoms. The molecule has 1 amide bonds. The smallest absolute Gasteiger partial charge is 0.397 e. The summed E-state index contributed by atoms with van der Waals surface area (Å²) < 4.78 is 42.8. The molecule has 13 heteroatoms. The number of likely N-dealkylation sites (tertiary alicyclic amines) is 1. The Morgan fingerprint density at radius 2 is 1.97 bits per heavy atom. The molecule has 1 aliphatic heterocycles. The number of carbonyl (C=O) groups excluding carboxylic acids is 1. The maximum absolute atomic E-state index is 13.7. The van der Waals surface area contributed by atoms with Crippen molar-refractivity contribution < 1.29 is 23.1 Å². The minimum atomic E-state index is -4.73. The molecule has 1 fully saturated rings. The van der Waals surface area contributed by atoms with Crippen LogP contribution in [-0.4, -0.2) is 44.9 Å². The van der Waals surface area contributed by atoms with Gasteiger partial charge in [0.2, 0.25) is 0 Å². The zero-order valence-electron chi connectivity index (χ0n) is 21.6. The molecule has 0 aliphatic carbocycles. The number of aryl methyl sites for hydroxylation is 2. The van der Waals surface area contributed by atoms with Gasteiger partial charge in [-0.05, 0) is 49.2 Å². The third-order valence-electron chi connectivity index (χ3n) is 6.62. The number of halogens is 4. The van der Waals surface area contributed by atoms with Gasteiger partial charge in [0, 0.05) is 55.4 Å². The largest absolute Gasteiger partial charge is 0.417 e. The highest BCUT2D eigenvalue weighted by atomic mass is 35.5. The maximum Gasteiger partial charge on any atom is 0.417 e. The van der Waals surface area contributed by atoms with Gasteiger partial charge in [-0.15, -0.1) is 0 Å². The molecule has 208 valence electrons. The predicted octanol–water partition coefficient (Wildman–Crippen LogP) is 3.78. The van der Waals surface area contributed by atoms with Crippen molar-refractivity contribution in [1.29, 1.82) is 0 Å². The third-order valence-corrected chi connectivity index (χ3v) is 7.06. The number of carbonyl (C=O) groups is 1. The summed E-state index contributed by atoms with van der Waals surface area (Å²) in [5, 5.41) is 17.1. The molecule has 2 heterocycles. The van der Waals surface area contributed by atoms with Crippen LogP contribution in [-0.2, 0) is 19.8 Å². The number of amides is 1. The van der Waals surface area contributed by atoms with Crippen molar-refractivity contribution in [3.05, 3.63) is 81.3 Å². The van der Waals surface area contributed by atoms with Gasteiger partial charge in [-0.2, -0.15) is 18.3 Å². The first kappa shape index (κ1) is 28.4. The number of hydrogen-bond acceptors (Lipinski definition) is 7. The number of hydrogen-bond donors (Lipinski definition) is 4. The Labute approximate surface area is 228 Å². The second kappa shape index (κ2) is 10.9. The normalized spacial score (nSPS) is 14.8. The lowest BCUT2D eigenvalue weighted by molar-refractivity contribution is -0.137. The highest BCUT2D eigenvalue weighted by Crippen LogP contribution is 2.39. The van der Waals surface area contributed by atoms with E-state index >= 15 is 0 Å². The lowest BCUT2D eigenvalue weighted by Crippen LogP contribution is -2.49. The molecular weight excluding hydrogens is 535 g/mol. The summed E-state index contributed by atoms with van der Waals surface area (Å²) in [7, 11) is 1.79. The number of alkyl halides is 3. The number of β-amino-alcohol motifs (C(OH)–C–C–N with tert-alkyl or cyclic N) is 1.